The number of piperazine rings is 1. The molecule has 0 atom stereocenters. The van der Waals surface area contributed by atoms with E-state index in [0.29, 0.717) is 0 Å². The van der Waals surface area contributed by atoms with Crippen molar-refractivity contribution < 1.29 is 0 Å². The van der Waals surface area contributed by atoms with Crippen LogP contribution < -0.4 is 0 Å². The molecule has 0 aromatic heterocycles. The van der Waals surface area contributed by atoms with E-state index >= 15 is 0 Å². The number of likely N-dealkylation sites (N-methyl/N-ethyl adjacent to an activating group) is 1. The Hall–Kier alpha value is -0.120. The summed E-state index contributed by atoms with van der Waals surface area (Å²) in [4.78, 5) is 7.67. The maximum atomic E-state index is 2.62. The quantitative estimate of drug-likeness (QED) is 0.690. The molecule has 16 heavy (non-hydrogen) atoms. The minimum Gasteiger partial charge on any atom is -0.304 e. The van der Waals surface area contributed by atoms with Crippen LogP contribution in [0.5, 0.6) is 0 Å². The van der Waals surface area contributed by atoms with Crippen LogP contribution in [0.4, 0.5) is 0 Å². The van der Waals surface area contributed by atoms with Crippen molar-refractivity contribution >= 4 is 0 Å². The first kappa shape index (κ1) is 12.3. The average molecular weight is 225 g/mol. The summed E-state index contributed by atoms with van der Waals surface area (Å²) in [6, 6.07) is 0. The van der Waals surface area contributed by atoms with Crippen LogP contribution in [-0.2, 0) is 0 Å². The number of nitrogens with zero attached hydrogens (tertiary/aromatic N) is 3. The zero-order valence-corrected chi connectivity index (χ0v) is 11.0. The highest BCUT2D eigenvalue weighted by Gasteiger charge is 2.25. The number of likely N-dealkylation sites (tertiary alicyclic amines) is 1. The molecule has 0 aliphatic carbocycles. The fourth-order valence-electron chi connectivity index (χ4n) is 2.80. The van der Waals surface area contributed by atoms with Gasteiger partial charge in [0, 0.05) is 52.4 Å². The van der Waals surface area contributed by atoms with Crippen molar-refractivity contribution in [3.63, 3.8) is 0 Å². The van der Waals surface area contributed by atoms with Gasteiger partial charge in [0.05, 0.1) is 0 Å². The summed E-state index contributed by atoms with van der Waals surface area (Å²) in [5, 5.41) is 0. The van der Waals surface area contributed by atoms with Crippen LogP contribution in [0, 0.1) is 5.92 Å². The van der Waals surface area contributed by atoms with Gasteiger partial charge in [-0.05, 0) is 19.4 Å². The van der Waals surface area contributed by atoms with Crippen LogP contribution in [0.3, 0.4) is 0 Å². The van der Waals surface area contributed by atoms with Gasteiger partial charge in [0.1, 0.15) is 0 Å². The molecule has 0 aromatic rings. The highest BCUT2D eigenvalue weighted by Crippen LogP contribution is 2.19. The van der Waals surface area contributed by atoms with Gasteiger partial charge in [0.25, 0.3) is 0 Å². The van der Waals surface area contributed by atoms with E-state index < -0.39 is 0 Å². The standard InChI is InChI=1S/C13H27N3/c1-3-4-13-11-16(12-13)10-9-15-7-5-14(2)6-8-15/h13H,3-12H2,1-2H3. The van der Waals surface area contributed by atoms with Gasteiger partial charge in [-0.1, -0.05) is 13.3 Å². The van der Waals surface area contributed by atoms with E-state index in [-0.39, 0.29) is 0 Å². The van der Waals surface area contributed by atoms with Crippen LogP contribution in [0.25, 0.3) is 0 Å². The molecule has 0 radical (unpaired) electrons. The maximum absolute atomic E-state index is 2.62. The van der Waals surface area contributed by atoms with Gasteiger partial charge in [-0.3, -0.25) is 4.90 Å². The molecule has 0 saturated carbocycles. The number of hydrogen-bond acceptors (Lipinski definition) is 3. The molecule has 2 aliphatic heterocycles. The van der Waals surface area contributed by atoms with Crippen molar-refractivity contribution in [1.82, 2.24) is 14.7 Å². The minimum atomic E-state index is 1.01. The lowest BCUT2D eigenvalue weighted by molar-refractivity contribution is 0.0689. The van der Waals surface area contributed by atoms with Crippen LogP contribution in [0.2, 0.25) is 0 Å². The lowest BCUT2D eigenvalue weighted by Crippen LogP contribution is -2.51. The van der Waals surface area contributed by atoms with Crippen molar-refractivity contribution in [2.24, 2.45) is 5.92 Å². The van der Waals surface area contributed by atoms with Gasteiger partial charge in [-0.25, -0.2) is 0 Å². The summed E-state index contributed by atoms with van der Waals surface area (Å²) in [6.45, 7) is 12.6. The van der Waals surface area contributed by atoms with Crippen LogP contribution in [0.1, 0.15) is 19.8 Å². The fourth-order valence-corrected chi connectivity index (χ4v) is 2.80. The SMILES string of the molecule is CCCC1CN(CCN2CCN(C)CC2)C1. The molecular weight excluding hydrogens is 198 g/mol. The van der Waals surface area contributed by atoms with E-state index in [4.69, 9.17) is 0 Å². The first-order valence-corrected chi connectivity index (χ1v) is 6.91. The Balaban J connectivity index is 1.52. The molecule has 2 heterocycles. The fraction of sp³-hybridized carbons (Fsp3) is 1.00. The maximum Gasteiger partial charge on any atom is 0.0110 e. The molecule has 2 fully saturated rings. The molecule has 3 heteroatoms. The molecule has 0 N–H and O–H groups in total. The number of hydrogen-bond donors (Lipinski definition) is 0. The Labute approximate surface area is 100 Å². The van der Waals surface area contributed by atoms with Crippen LogP contribution >= 0.6 is 0 Å². The van der Waals surface area contributed by atoms with Crippen molar-refractivity contribution in [2.75, 3.05) is 59.4 Å². The molecule has 94 valence electrons. The molecule has 0 bridgehead atoms. The minimum absolute atomic E-state index is 1.01. The van der Waals surface area contributed by atoms with E-state index in [2.05, 4.69) is 28.7 Å². The van der Waals surface area contributed by atoms with E-state index in [0.717, 1.165) is 5.92 Å². The molecule has 3 nitrogen and oxygen atoms in total. The van der Waals surface area contributed by atoms with E-state index in [1.54, 1.807) is 0 Å². The topological polar surface area (TPSA) is 9.72 Å². The first-order chi connectivity index (χ1) is 7.78. The highest BCUT2D eigenvalue weighted by molar-refractivity contribution is 4.80. The van der Waals surface area contributed by atoms with Crippen molar-refractivity contribution in [1.29, 1.82) is 0 Å². The Morgan fingerprint density at radius 3 is 2.19 bits per heavy atom. The second-order valence-electron chi connectivity index (χ2n) is 5.56. The van der Waals surface area contributed by atoms with Gasteiger partial charge in [-0.2, -0.15) is 0 Å². The van der Waals surface area contributed by atoms with Gasteiger partial charge >= 0.3 is 0 Å². The lowest BCUT2D eigenvalue weighted by Gasteiger charge is -2.41. The highest BCUT2D eigenvalue weighted by atomic mass is 15.3. The predicted molar refractivity (Wildman–Crippen MR) is 68.8 cm³/mol. The lowest BCUT2D eigenvalue weighted by atomic mass is 9.95. The molecule has 2 saturated heterocycles. The van der Waals surface area contributed by atoms with Crippen LogP contribution in [-0.4, -0.2) is 74.1 Å². The van der Waals surface area contributed by atoms with Gasteiger partial charge in [0.15, 0.2) is 0 Å². The second kappa shape index (κ2) is 5.99. The summed E-state index contributed by atoms with van der Waals surface area (Å²) in [5.41, 5.74) is 0. The molecule has 0 unspecified atom stereocenters. The first-order valence-electron chi connectivity index (χ1n) is 6.91. The third kappa shape index (κ3) is 3.44. The molecule has 0 aromatic carbocycles. The smallest absolute Gasteiger partial charge is 0.0110 e. The largest absolute Gasteiger partial charge is 0.304 e. The predicted octanol–water partition coefficient (Wildman–Crippen LogP) is 0.966. The average Bonchev–Trinajstić information content (AvgIpc) is 2.24. The zero-order chi connectivity index (χ0) is 11.4. The normalized spacial score (nSPS) is 25.9. The molecule has 0 amide bonds. The Kier molecular flexibility index (Phi) is 4.62. The molecule has 2 aliphatic rings. The number of rotatable bonds is 5. The van der Waals surface area contributed by atoms with Crippen LogP contribution in [0.15, 0.2) is 0 Å². The monoisotopic (exact) mass is 225 g/mol. The molecule has 2 rings (SSSR count). The summed E-state index contributed by atoms with van der Waals surface area (Å²) in [6.07, 6.45) is 2.79. The second-order valence-corrected chi connectivity index (χ2v) is 5.56. The molecule has 0 spiro atoms. The van der Waals surface area contributed by atoms with E-state index in [9.17, 15) is 0 Å². The zero-order valence-electron chi connectivity index (χ0n) is 11.0. The summed E-state index contributed by atoms with van der Waals surface area (Å²) in [7, 11) is 2.22. The van der Waals surface area contributed by atoms with Gasteiger partial charge < -0.3 is 9.80 Å². The van der Waals surface area contributed by atoms with Crippen molar-refractivity contribution in [2.45, 2.75) is 19.8 Å². The Morgan fingerprint density at radius 2 is 1.56 bits per heavy atom. The third-order valence-electron chi connectivity index (χ3n) is 4.06. The van der Waals surface area contributed by atoms with Gasteiger partial charge in [0.2, 0.25) is 0 Å². The summed E-state index contributed by atoms with van der Waals surface area (Å²) in [5.74, 6) is 1.01. The van der Waals surface area contributed by atoms with Crippen molar-refractivity contribution in [3.05, 3.63) is 0 Å². The third-order valence-corrected chi connectivity index (χ3v) is 4.06. The van der Waals surface area contributed by atoms with Gasteiger partial charge in [-0.15, -0.1) is 0 Å². The summed E-state index contributed by atoms with van der Waals surface area (Å²) >= 11 is 0. The molecular formula is C13H27N3. The van der Waals surface area contributed by atoms with E-state index in [1.807, 2.05) is 0 Å². The summed E-state index contributed by atoms with van der Waals surface area (Å²) < 4.78 is 0. The van der Waals surface area contributed by atoms with Crippen molar-refractivity contribution in [3.8, 4) is 0 Å². The van der Waals surface area contributed by atoms with E-state index in [1.165, 1.54) is 65.2 Å². The Morgan fingerprint density at radius 1 is 0.938 bits per heavy atom. The Bertz CT molecular complexity index is 193.